The molecule has 7 heteroatoms. The number of nitrogens with one attached hydrogen (secondary N) is 2. The second kappa shape index (κ2) is 12.1. The molecule has 2 heterocycles. The summed E-state index contributed by atoms with van der Waals surface area (Å²) in [5.74, 6) is 1.51. The number of halogens is 1. The molecule has 0 spiro atoms. The first kappa shape index (κ1) is 22.6. The summed E-state index contributed by atoms with van der Waals surface area (Å²) in [5, 5.41) is 6.94. The fourth-order valence-electron chi connectivity index (χ4n) is 3.29. The first-order valence-electron chi connectivity index (χ1n) is 9.19. The van der Waals surface area contributed by atoms with Crippen LogP contribution in [0.3, 0.4) is 0 Å². The van der Waals surface area contributed by atoms with Gasteiger partial charge in [0.15, 0.2) is 5.96 Å². The van der Waals surface area contributed by atoms with Crippen LogP contribution in [0.1, 0.15) is 50.1 Å². The quantitative estimate of drug-likeness (QED) is 0.372. The maximum atomic E-state index is 4.37. The van der Waals surface area contributed by atoms with Crippen LogP contribution in [0.5, 0.6) is 0 Å². The predicted octanol–water partition coefficient (Wildman–Crippen LogP) is 3.64. The lowest BCUT2D eigenvalue weighted by Crippen LogP contribution is -2.49. The van der Waals surface area contributed by atoms with E-state index in [0.717, 1.165) is 24.7 Å². The van der Waals surface area contributed by atoms with Crippen molar-refractivity contribution < 1.29 is 0 Å². The Morgan fingerprint density at radius 1 is 1.24 bits per heavy atom. The van der Waals surface area contributed by atoms with Crippen LogP contribution in [0.4, 0.5) is 0 Å². The minimum atomic E-state index is 0. The van der Waals surface area contributed by atoms with Crippen molar-refractivity contribution in [2.75, 3.05) is 26.7 Å². The topological polar surface area (TPSA) is 52.6 Å². The fraction of sp³-hybridized carbons (Fsp3) is 0.778. The van der Waals surface area contributed by atoms with E-state index >= 15 is 0 Å². The molecule has 0 aliphatic carbocycles. The van der Waals surface area contributed by atoms with Gasteiger partial charge in [-0.15, -0.1) is 35.3 Å². The van der Waals surface area contributed by atoms with Crippen LogP contribution in [0.15, 0.2) is 10.5 Å². The van der Waals surface area contributed by atoms with Crippen LogP contribution in [0, 0.1) is 12.8 Å². The number of hydrogen-bond donors (Lipinski definition) is 2. The number of aryl methyl sites for hydroxylation is 1. The summed E-state index contributed by atoms with van der Waals surface area (Å²) in [4.78, 5) is 12.6. The third kappa shape index (κ3) is 7.38. The SMILES string of the molecule is CN=C(NCc1scnc1C)NCC(C(C)C)N1CCCCCC1.I. The molecule has 5 nitrogen and oxygen atoms in total. The Hall–Kier alpha value is -0.410. The molecule has 1 aliphatic heterocycles. The average molecular weight is 479 g/mol. The molecule has 0 bridgehead atoms. The van der Waals surface area contributed by atoms with E-state index in [1.165, 1.54) is 43.6 Å². The van der Waals surface area contributed by atoms with Gasteiger partial charge in [-0.25, -0.2) is 4.98 Å². The molecule has 2 rings (SSSR count). The molecule has 25 heavy (non-hydrogen) atoms. The van der Waals surface area contributed by atoms with Crippen LogP contribution in [-0.2, 0) is 6.54 Å². The van der Waals surface area contributed by atoms with Gasteiger partial charge in [0.2, 0.25) is 0 Å². The standard InChI is InChI=1S/C18H33N5S.HI/c1-14(2)16(23-9-7-5-6-8-10-23)11-20-18(19-4)21-12-17-15(3)22-13-24-17;/h13-14,16H,5-12H2,1-4H3,(H2,19,20,21);1H. The van der Waals surface area contributed by atoms with E-state index in [0.29, 0.717) is 12.0 Å². The summed E-state index contributed by atoms with van der Waals surface area (Å²) in [7, 11) is 1.84. The lowest BCUT2D eigenvalue weighted by molar-refractivity contribution is 0.161. The van der Waals surface area contributed by atoms with Gasteiger partial charge in [-0.1, -0.05) is 26.7 Å². The molecule has 1 aromatic rings. The number of aromatic nitrogens is 1. The highest BCUT2D eigenvalue weighted by atomic mass is 127. The maximum Gasteiger partial charge on any atom is 0.191 e. The molecule has 1 fully saturated rings. The lowest BCUT2D eigenvalue weighted by Gasteiger charge is -2.34. The van der Waals surface area contributed by atoms with E-state index in [9.17, 15) is 0 Å². The summed E-state index contributed by atoms with van der Waals surface area (Å²) in [6, 6.07) is 0.562. The predicted molar refractivity (Wildman–Crippen MR) is 119 cm³/mol. The summed E-state index contributed by atoms with van der Waals surface area (Å²) >= 11 is 1.69. The number of rotatable bonds is 6. The molecule has 0 saturated carbocycles. The minimum absolute atomic E-state index is 0. The van der Waals surface area contributed by atoms with Gasteiger partial charge >= 0.3 is 0 Å². The summed E-state index contributed by atoms with van der Waals surface area (Å²) in [5.41, 5.74) is 3.00. The number of guanidine groups is 1. The number of aliphatic imine (C=N–C) groups is 1. The summed E-state index contributed by atoms with van der Waals surface area (Å²) in [6.07, 6.45) is 5.43. The first-order valence-corrected chi connectivity index (χ1v) is 10.1. The largest absolute Gasteiger partial charge is 0.355 e. The van der Waals surface area contributed by atoms with Crippen molar-refractivity contribution in [1.82, 2.24) is 20.5 Å². The molecule has 0 radical (unpaired) electrons. The Kier molecular flexibility index (Phi) is 10.9. The fourth-order valence-corrected chi connectivity index (χ4v) is 4.01. The summed E-state index contributed by atoms with van der Waals surface area (Å²) < 4.78 is 0. The number of nitrogens with zero attached hydrogens (tertiary/aromatic N) is 3. The summed E-state index contributed by atoms with van der Waals surface area (Å²) in [6.45, 7) is 10.9. The zero-order valence-electron chi connectivity index (χ0n) is 16.0. The Bertz CT molecular complexity index is 509. The van der Waals surface area contributed by atoms with Crippen molar-refractivity contribution in [3.63, 3.8) is 0 Å². The molecule has 0 aromatic carbocycles. The number of hydrogen-bond acceptors (Lipinski definition) is 4. The van der Waals surface area contributed by atoms with Crippen molar-refractivity contribution in [1.29, 1.82) is 0 Å². The van der Waals surface area contributed by atoms with Gasteiger partial charge in [-0.2, -0.15) is 0 Å². The zero-order valence-corrected chi connectivity index (χ0v) is 19.2. The van der Waals surface area contributed by atoms with E-state index in [1.807, 2.05) is 12.6 Å². The zero-order chi connectivity index (χ0) is 17.4. The lowest BCUT2D eigenvalue weighted by atomic mass is 10.0. The van der Waals surface area contributed by atoms with E-state index in [4.69, 9.17) is 0 Å². The Labute approximate surface area is 174 Å². The molecule has 2 N–H and O–H groups in total. The van der Waals surface area contributed by atoms with Gasteiger partial charge in [0, 0.05) is 24.5 Å². The van der Waals surface area contributed by atoms with Crippen molar-refractivity contribution in [3.05, 3.63) is 16.1 Å². The van der Waals surface area contributed by atoms with Crippen molar-refractivity contribution >= 4 is 41.3 Å². The van der Waals surface area contributed by atoms with Crippen molar-refractivity contribution in [3.8, 4) is 0 Å². The molecule has 1 unspecified atom stereocenters. The van der Waals surface area contributed by atoms with Gasteiger partial charge in [0.1, 0.15) is 0 Å². The van der Waals surface area contributed by atoms with Crippen LogP contribution >= 0.6 is 35.3 Å². The van der Waals surface area contributed by atoms with E-state index < -0.39 is 0 Å². The Balaban J connectivity index is 0.00000312. The normalized spacial score (nSPS) is 17.7. The number of likely N-dealkylation sites (tertiary alicyclic amines) is 1. The molecule has 144 valence electrons. The van der Waals surface area contributed by atoms with E-state index in [1.54, 1.807) is 11.3 Å². The van der Waals surface area contributed by atoms with Crippen LogP contribution in [0.25, 0.3) is 0 Å². The molecule has 1 atom stereocenters. The minimum Gasteiger partial charge on any atom is -0.355 e. The Morgan fingerprint density at radius 3 is 2.44 bits per heavy atom. The van der Waals surface area contributed by atoms with E-state index in [2.05, 4.69) is 46.3 Å². The van der Waals surface area contributed by atoms with Gasteiger partial charge in [-0.05, 0) is 38.8 Å². The smallest absolute Gasteiger partial charge is 0.191 e. The van der Waals surface area contributed by atoms with Gasteiger partial charge in [0.05, 0.1) is 17.7 Å². The first-order chi connectivity index (χ1) is 11.6. The average Bonchev–Trinajstić information content (AvgIpc) is 2.81. The van der Waals surface area contributed by atoms with Crippen LogP contribution in [-0.4, -0.2) is 48.6 Å². The second-order valence-corrected chi connectivity index (χ2v) is 7.87. The third-order valence-corrected chi connectivity index (χ3v) is 5.78. The Morgan fingerprint density at radius 2 is 1.92 bits per heavy atom. The van der Waals surface area contributed by atoms with Gasteiger partial charge in [-0.3, -0.25) is 9.89 Å². The van der Waals surface area contributed by atoms with E-state index in [-0.39, 0.29) is 24.0 Å². The molecular formula is C18H34IN5S. The van der Waals surface area contributed by atoms with Crippen LogP contribution in [0.2, 0.25) is 0 Å². The van der Waals surface area contributed by atoms with Gasteiger partial charge in [0.25, 0.3) is 0 Å². The van der Waals surface area contributed by atoms with Crippen molar-refractivity contribution in [2.24, 2.45) is 10.9 Å². The maximum absolute atomic E-state index is 4.37. The number of thiazole rings is 1. The van der Waals surface area contributed by atoms with Crippen LogP contribution < -0.4 is 10.6 Å². The van der Waals surface area contributed by atoms with Crippen molar-refractivity contribution in [2.45, 2.75) is 59.0 Å². The molecule has 1 aromatic heterocycles. The monoisotopic (exact) mass is 479 g/mol. The second-order valence-electron chi connectivity index (χ2n) is 6.93. The molecule has 0 amide bonds. The highest BCUT2D eigenvalue weighted by molar-refractivity contribution is 14.0. The molecular weight excluding hydrogens is 445 g/mol. The van der Waals surface area contributed by atoms with Gasteiger partial charge < -0.3 is 10.6 Å². The molecule has 1 aliphatic rings. The third-order valence-electron chi connectivity index (χ3n) is 4.84. The molecule has 1 saturated heterocycles. The highest BCUT2D eigenvalue weighted by Crippen LogP contribution is 2.17. The highest BCUT2D eigenvalue weighted by Gasteiger charge is 2.22.